The third kappa shape index (κ3) is 5.90. The predicted octanol–water partition coefficient (Wildman–Crippen LogP) is 6.59. The van der Waals surface area contributed by atoms with Gasteiger partial charge < -0.3 is 9.64 Å². The lowest BCUT2D eigenvalue weighted by Gasteiger charge is -2.31. The minimum atomic E-state index is -4.86. The molecule has 2 aromatic carbocycles. The van der Waals surface area contributed by atoms with Gasteiger partial charge in [-0.15, -0.1) is 13.2 Å². The van der Waals surface area contributed by atoms with Gasteiger partial charge in [-0.25, -0.2) is 0 Å². The maximum atomic E-state index is 12.8. The number of hydrogen-bond donors (Lipinski definition) is 0. The molecule has 1 heterocycles. The number of carbonyl (C=O) groups excluding carboxylic acids is 1. The first-order valence-corrected chi connectivity index (χ1v) is 9.67. The Kier molecular flexibility index (Phi) is 7.09. The van der Waals surface area contributed by atoms with Gasteiger partial charge >= 0.3 is 12.8 Å². The molecule has 1 fully saturated rings. The molecule has 0 radical (unpaired) electrons. The molecule has 0 bridgehead atoms. The van der Waals surface area contributed by atoms with Crippen molar-refractivity contribution >= 4 is 23.2 Å². The molecule has 1 aliphatic heterocycles. The Labute approximate surface area is 179 Å². The van der Waals surface area contributed by atoms with E-state index in [0.29, 0.717) is 19.3 Å². The van der Waals surface area contributed by atoms with Gasteiger partial charge in [0.25, 0.3) is 5.91 Å². The van der Waals surface area contributed by atoms with Crippen LogP contribution in [0, 0.1) is 0 Å². The zero-order valence-corrected chi connectivity index (χ0v) is 16.7. The van der Waals surface area contributed by atoms with Gasteiger partial charge in [-0.3, -0.25) is 4.79 Å². The van der Waals surface area contributed by atoms with Crippen molar-refractivity contribution in [1.82, 2.24) is 4.90 Å². The third-order valence-corrected chi connectivity index (χ3v) is 4.92. The zero-order chi connectivity index (χ0) is 22.6. The number of azo groups is 1. The fourth-order valence-corrected chi connectivity index (χ4v) is 3.51. The molecule has 0 aromatic heterocycles. The standard InChI is InChI=1S/C20H17ClF5N3O2/c21-15-11-12(27-28-17-7-3-4-10-29(17)19(30)18(22)23)8-9-13(15)14-5-1-2-6-16(14)31-20(24,25)26/h1-2,5-6,8-9,11,17-18H,3-4,7,10H2/b28-27+. The molecule has 5 nitrogen and oxygen atoms in total. The van der Waals surface area contributed by atoms with Gasteiger partial charge in [0.05, 0.1) is 10.7 Å². The molecule has 1 unspecified atom stereocenters. The number of rotatable bonds is 5. The summed E-state index contributed by atoms with van der Waals surface area (Å²) < 4.78 is 67.6. The van der Waals surface area contributed by atoms with E-state index in [1.54, 1.807) is 6.07 Å². The summed E-state index contributed by atoms with van der Waals surface area (Å²) in [6, 6.07) is 9.85. The van der Waals surface area contributed by atoms with Crippen molar-refractivity contribution in [2.24, 2.45) is 10.2 Å². The van der Waals surface area contributed by atoms with Crippen LogP contribution in [0.1, 0.15) is 19.3 Å². The summed E-state index contributed by atoms with van der Waals surface area (Å²) in [5, 5.41) is 8.10. The van der Waals surface area contributed by atoms with E-state index in [4.69, 9.17) is 11.6 Å². The van der Waals surface area contributed by atoms with E-state index in [0.717, 1.165) is 4.90 Å². The number of alkyl halides is 5. The number of nitrogens with zero attached hydrogens (tertiary/aromatic N) is 3. The Bertz CT molecular complexity index is 968. The lowest BCUT2D eigenvalue weighted by molar-refractivity contribution is -0.274. The Morgan fingerprint density at radius 3 is 2.55 bits per heavy atom. The van der Waals surface area contributed by atoms with Crippen LogP contribution in [0.2, 0.25) is 5.02 Å². The van der Waals surface area contributed by atoms with Crippen LogP contribution in [0.5, 0.6) is 5.75 Å². The van der Waals surface area contributed by atoms with Gasteiger partial charge in [0.2, 0.25) is 0 Å². The first kappa shape index (κ1) is 22.9. The molecular formula is C20H17ClF5N3O2. The van der Waals surface area contributed by atoms with Gasteiger partial charge in [0, 0.05) is 17.7 Å². The molecule has 2 aromatic rings. The number of para-hydroxylation sites is 1. The monoisotopic (exact) mass is 461 g/mol. The first-order chi connectivity index (χ1) is 14.7. The summed E-state index contributed by atoms with van der Waals surface area (Å²) in [5.74, 6) is -1.70. The Morgan fingerprint density at radius 1 is 1.13 bits per heavy atom. The molecule has 1 saturated heterocycles. The molecule has 1 amide bonds. The molecule has 3 rings (SSSR count). The zero-order valence-electron chi connectivity index (χ0n) is 16.0. The van der Waals surface area contributed by atoms with Crippen molar-refractivity contribution in [2.45, 2.75) is 38.2 Å². The maximum absolute atomic E-state index is 12.8. The quantitative estimate of drug-likeness (QED) is 0.372. The van der Waals surface area contributed by atoms with Gasteiger partial charge in [-0.1, -0.05) is 35.9 Å². The Hall–Kier alpha value is -2.75. The first-order valence-electron chi connectivity index (χ1n) is 9.30. The molecule has 11 heteroatoms. The fourth-order valence-electron chi connectivity index (χ4n) is 3.24. The third-order valence-electron chi connectivity index (χ3n) is 4.60. The van der Waals surface area contributed by atoms with E-state index in [2.05, 4.69) is 15.0 Å². The lowest BCUT2D eigenvalue weighted by atomic mass is 10.0. The molecule has 31 heavy (non-hydrogen) atoms. The van der Waals surface area contributed by atoms with E-state index >= 15 is 0 Å². The second kappa shape index (κ2) is 9.59. The molecule has 1 atom stereocenters. The van der Waals surface area contributed by atoms with Crippen LogP contribution < -0.4 is 4.74 Å². The number of hydrogen-bond acceptors (Lipinski definition) is 4. The Balaban J connectivity index is 1.83. The summed E-state index contributed by atoms with van der Waals surface area (Å²) in [6.45, 7) is 0.169. The molecule has 0 N–H and O–H groups in total. The largest absolute Gasteiger partial charge is 0.573 e. The number of carbonyl (C=O) groups is 1. The molecule has 1 aliphatic rings. The smallest absolute Gasteiger partial charge is 0.405 e. The number of benzene rings is 2. The van der Waals surface area contributed by atoms with Crippen LogP contribution in [0.4, 0.5) is 27.6 Å². The van der Waals surface area contributed by atoms with E-state index in [1.807, 2.05) is 0 Å². The van der Waals surface area contributed by atoms with Gasteiger partial charge in [0.1, 0.15) is 11.9 Å². The maximum Gasteiger partial charge on any atom is 0.573 e. The second-order valence-electron chi connectivity index (χ2n) is 6.73. The summed E-state index contributed by atoms with van der Waals surface area (Å²) in [7, 11) is 0. The van der Waals surface area contributed by atoms with Gasteiger partial charge in [0.15, 0.2) is 0 Å². The van der Waals surface area contributed by atoms with Crippen LogP contribution in [0.15, 0.2) is 52.7 Å². The van der Waals surface area contributed by atoms with Crippen LogP contribution in [0.25, 0.3) is 11.1 Å². The van der Waals surface area contributed by atoms with Crippen molar-refractivity contribution in [3.8, 4) is 16.9 Å². The molecule has 0 spiro atoms. The average molecular weight is 462 g/mol. The highest BCUT2D eigenvalue weighted by Crippen LogP contribution is 2.38. The SMILES string of the molecule is O=C(C(F)F)N1CCCCC1/N=N/c1ccc(-c2ccccc2OC(F)(F)F)c(Cl)c1. The van der Waals surface area contributed by atoms with Crippen LogP contribution in [0.3, 0.4) is 0 Å². The van der Waals surface area contributed by atoms with E-state index < -0.39 is 30.6 Å². The average Bonchev–Trinajstić information content (AvgIpc) is 2.71. The molecule has 0 aliphatic carbocycles. The second-order valence-corrected chi connectivity index (χ2v) is 7.14. The minimum Gasteiger partial charge on any atom is -0.405 e. The number of amides is 1. The topological polar surface area (TPSA) is 54.3 Å². The number of halogens is 6. The predicted molar refractivity (Wildman–Crippen MR) is 103 cm³/mol. The van der Waals surface area contributed by atoms with Crippen LogP contribution in [-0.4, -0.2) is 36.3 Å². The van der Waals surface area contributed by atoms with Crippen LogP contribution in [-0.2, 0) is 4.79 Å². The van der Waals surface area contributed by atoms with Gasteiger partial charge in [-0.2, -0.15) is 19.0 Å². The summed E-state index contributed by atoms with van der Waals surface area (Å²) in [4.78, 5) is 12.7. The molecule has 166 valence electrons. The van der Waals surface area contributed by atoms with E-state index in [9.17, 15) is 26.7 Å². The Morgan fingerprint density at radius 2 is 1.87 bits per heavy atom. The highest BCUT2D eigenvalue weighted by Gasteiger charge is 2.33. The normalized spacial score (nSPS) is 17.4. The van der Waals surface area contributed by atoms with Crippen molar-refractivity contribution in [1.29, 1.82) is 0 Å². The number of ether oxygens (including phenoxy) is 1. The van der Waals surface area contributed by atoms with Crippen molar-refractivity contribution in [3.63, 3.8) is 0 Å². The van der Waals surface area contributed by atoms with E-state index in [-0.39, 0.29) is 28.4 Å². The van der Waals surface area contributed by atoms with Gasteiger partial charge in [-0.05, 0) is 37.5 Å². The number of piperidine rings is 1. The molecule has 0 saturated carbocycles. The highest BCUT2D eigenvalue weighted by atomic mass is 35.5. The highest BCUT2D eigenvalue weighted by molar-refractivity contribution is 6.33. The summed E-state index contributed by atoms with van der Waals surface area (Å²) >= 11 is 6.25. The van der Waals surface area contributed by atoms with Crippen LogP contribution >= 0.6 is 11.6 Å². The van der Waals surface area contributed by atoms with Crippen molar-refractivity contribution in [2.75, 3.05) is 6.54 Å². The fraction of sp³-hybridized carbons (Fsp3) is 0.350. The van der Waals surface area contributed by atoms with Crippen molar-refractivity contribution in [3.05, 3.63) is 47.5 Å². The van der Waals surface area contributed by atoms with E-state index in [1.165, 1.54) is 36.4 Å². The molecular weight excluding hydrogens is 445 g/mol. The van der Waals surface area contributed by atoms with Crippen molar-refractivity contribution < 1.29 is 31.5 Å². The minimum absolute atomic E-state index is 0.0961. The summed E-state index contributed by atoms with van der Waals surface area (Å²) in [6.07, 6.45) is -7.08. The number of likely N-dealkylation sites (tertiary alicyclic amines) is 1. The summed E-state index contributed by atoms with van der Waals surface area (Å²) in [5.41, 5.74) is 0.680. The lowest BCUT2D eigenvalue weighted by Crippen LogP contribution is -2.45.